The molecule has 0 aliphatic heterocycles. The molecule has 1 rings (SSSR count). The third-order valence-corrected chi connectivity index (χ3v) is 2.30. The average Bonchev–Trinajstić information content (AvgIpc) is 2.13. The summed E-state index contributed by atoms with van der Waals surface area (Å²) >= 11 is 0. The van der Waals surface area contributed by atoms with E-state index in [2.05, 4.69) is 5.32 Å². The molecule has 0 heterocycles. The Balaban J connectivity index is 3.06. The van der Waals surface area contributed by atoms with Crippen molar-refractivity contribution in [2.24, 2.45) is 0 Å². The molecule has 76 valence electrons. The molecule has 0 saturated carbocycles. The summed E-state index contributed by atoms with van der Waals surface area (Å²) in [5, 5.41) is 12.3. The van der Waals surface area contributed by atoms with Gasteiger partial charge in [0.25, 0.3) is 0 Å². The van der Waals surface area contributed by atoms with E-state index in [4.69, 9.17) is 0 Å². The minimum absolute atomic E-state index is 0.00843. The molecular weight excluding hydrogens is 178 g/mol. The molecule has 3 nitrogen and oxygen atoms in total. The predicted molar refractivity (Wildman–Crippen MR) is 55.8 cm³/mol. The summed E-state index contributed by atoms with van der Waals surface area (Å²) in [6, 6.07) is 3.32. The van der Waals surface area contributed by atoms with Gasteiger partial charge in [-0.05, 0) is 44.2 Å². The number of carbonyl (C=O) groups is 1. The number of ketones is 1. The first-order valence-corrected chi connectivity index (χ1v) is 4.54. The van der Waals surface area contributed by atoms with Gasteiger partial charge in [-0.15, -0.1) is 0 Å². The summed E-state index contributed by atoms with van der Waals surface area (Å²) in [6.45, 7) is 4.00. The molecule has 3 heteroatoms. The Morgan fingerprint density at radius 3 is 2.57 bits per heavy atom. The van der Waals surface area contributed by atoms with Crippen LogP contribution in [0.4, 0.5) is 0 Å². The quantitative estimate of drug-likeness (QED) is 0.713. The second kappa shape index (κ2) is 4.24. The number of benzene rings is 1. The van der Waals surface area contributed by atoms with E-state index in [-0.39, 0.29) is 11.5 Å². The van der Waals surface area contributed by atoms with Crippen LogP contribution in [-0.4, -0.2) is 24.5 Å². The number of aryl methyl sites for hydroxylation is 1. The lowest BCUT2D eigenvalue weighted by Crippen LogP contribution is -2.18. The van der Waals surface area contributed by atoms with Crippen molar-refractivity contribution in [3.05, 3.63) is 28.8 Å². The third kappa shape index (κ3) is 2.12. The first kappa shape index (κ1) is 10.7. The fraction of sp³-hybridized carbons (Fsp3) is 0.364. The lowest BCUT2D eigenvalue weighted by atomic mass is 10.0. The van der Waals surface area contributed by atoms with Crippen LogP contribution in [-0.2, 0) is 0 Å². The van der Waals surface area contributed by atoms with Gasteiger partial charge in [0, 0.05) is 5.56 Å². The smallest absolute Gasteiger partial charge is 0.176 e. The molecule has 1 aromatic rings. The molecular formula is C11H15NO2. The van der Waals surface area contributed by atoms with Crippen LogP contribution in [0.2, 0.25) is 0 Å². The molecule has 1 aromatic carbocycles. The lowest BCUT2D eigenvalue weighted by molar-refractivity contribution is 0.0993. The number of hydrogen-bond donors (Lipinski definition) is 2. The number of Topliss-reactive ketones (excluding diaryl/α,β-unsaturated/α-hetero) is 1. The molecule has 0 saturated heterocycles. The van der Waals surface area contributed by atoms with Crippen molar-refractivity contribution in [3.63, 3.8) is 0 Å². The van der Waals surface area contributed by atoms with Crippen LogP contribution >= 0.6 is 0 Å². The van der Waals surface area contributed by atoms with Gasteiger partial charge >= 0.3 is 0 Å². The van der Waals surface area contributed by atoms with Crippen molar-refractivity contribution >= 4 is 5.78 Å². The number of phenols is 1. The Morgan fingerprint density at radius 1 is 1.43 bits per heavy atom. The Bertz CT molecular complexity index is 335. The number of carbonyl (C=O) groups excluding carboxylic acids is 1. The largest absolute Gasteiger partial charge is 0.508 e. The van der Waals surface area contributed by atoms with Crippen LogP contribution in [0.3, 0.4) is 0 Å². The number of likely N-dealkylation sites (N-methyl/N-ethyl adjacent to an activating group) is 1. The van der Waals surface area contributed by atoms with E-state index in [1.54, 1.807) is 13.1 Å². The van der Waals surface area contributed by atoms with E-state index in [0.717, 1.165) is 11.1 Å². The van der Waals surface area contributed by atoms with Gasteiger partial charge in [0.15, 0.2) is 5.78 Å². The highest BCUT2D eigenvalue weighted by Crippen LogP contribution is 2.21. The number of rotatable bonds is 3. The summed E-state index contributed by atoms with van der Waals surface area (Å²) in [4.78, 5) is 11.5. The summed E-state index contributed by atoms with van der Waals surface area (Å²) in [5.74, 6) is 0.176. The van der Waals surface area contributed by atoms with Gasteiger partial charge in [-0.25, -0.2) is 0 Å². The highest BCUT2D eigenvalue weighted by atomic mass is 16.3. The molecule has 0 unspecified atom stereocenters. The van der Waals surface area contributed by atoms with Gasteiger partial charge in [0.05, 0.1) is 6.54 Å². The molecule has 0 fully saturated rings. The second-order valence-electron chi connectivity index (χ2n) is 3.39. The second-order valence-corrected chi connectivity index (χ2v) is 3.39. The monoisotopic (exact) mass is 193 g/mol. The molecule has 0 aromatic heterocycles. The minimum Gasteiger partial charge on any atom is -0.508 e. The first-order valence-electron chi connectivity index (χ1n) is 4.54. The van der Waals surface area contributed by atoms with Crippen LogP contribution in [0.1, 0.15) is 21.5 Å². The van der Waals surface area contributed by atoms with Gasteiger partial charge in [-0.2, -0.15) is 0 Å². The van der Waals surface area contributed by atoms with E-state index in [1.165, 1.54) is 6.07 Å². The van der Waals surface area contributed by atoms with Crippen LogP contribution < -0.4 is 5.32 Å². The molecule has 0 aliphatic carbocycles. The third-order valence-electron chi connectivity index (χ3n) is 2.30. The SMILES string of the molecule is CNCC(=O)c1cc(C)c(C)c(O)c1. The summed E-state index contributed by atoms with van der Waals surface area (Å²) in [5.41, 5.74) is 2.32. The normalized spacial score (nSPS) is 10.2. The standard InChI is InChI=1S/C11H15NO2/c1-7-4-9(11(14)6-12-3)5-10(13)8(7)2/h4-5,12-13H,6H2,1-3H3. The molecule has 0 amide bonds. The fourth-order valence-electron chi connectivity index (χ4n) is 1.26. The maximum absolute atomic E-state index is 11.5. The van der Waals surface area contributed by atoms with Gasteiger partial charge in [0.2, 0.25) is 0 Å². The van der Waals surface area contributed by atoms with Gasteiger partial charge < -0.3 is 10.4 Å². The van der Waals surface area contributed by atoms with Gasteiger partial charge in [0.1, 0.15) is 5.75 Å². The zero-order valence-electron chi connectivity index (χ0n) is 8.72. The maximum atomic E-state index is 11.5. The molecule has 0 spiro atoms. The molecule has 0 bridgehead atoms. The van der Waals surface area contributed by atoms with E-state index in [9.17, 15) is 9.90 Å². The Hall–Kier alpha value is -1.35. The zero-order valence-corrected chi connectivity index (χ0v) is 8.72. The summed E-state index contributed by atoms with van der Waals surface area (Å²) in [7, 11) is 1.72. The minimum atomic E-state index is -0.00843. The Labute approximate surface area is 83.8 Å². The molecule has 0 aliphatic rings. The predicted octanol–water partition coefficient (Wildman–Crippen LogP) is 1.41. The zero-order chi connectivity index (χ0) is 10.7. The van der Waals surface area contributed by atoms with Crippen molar-refractivity contribution < 1.29 is 9.90 Å². The van der Waals surface area contributed by atoms with E-state index >= 15 is 0 Å². The summed E-state index contributed by atoms with van der Waals surface area (Å²) < 4.78 is 0. The van der Waals surface area contributed by atoms with Crippen LogP contribution in [0.5, 0.6) is 5.75 Å². The van der Waals surface area contributed by atoms with Crippen molar-refractivity contribution in [1.29, 1.82) is 0 Å². The average molecular weight is 193 g/mol. The highest BCUT2D eigenvalue weighted by molar-refractivity contribution is 5.98. The first-order chi connectivity index (χ1) is 6.56. The highest BCUT2D eigenvalue weighted by Gasteiger charge is 2.08. The molecule has 0 atom stereocenters. The molecule has 0 radical (unpaired) electrons. The maximum Gasteiger partial charge on any atom is 0.176 e. The number of phenolic OH excluding ortho intramolecular Hbond substituents is 1. The number of nitrogens with one attached hydrogen (secondary N) is 1. The topological polar surface area (TPSA) is 49.3 Å². The van der Waals surface area contributed by atoms with E-state index < -0.39 is 0 Å². The van der Waals surface area contributed by atoms with Crippen LogP contribution in [0.15, 0.2) is 12.1 Å². The van der Waals surface area contributed by atoms with E-state index in [0.29, 0.717) is 12.1 Å². The van der Waals surface area contributed by atoms with Crippen LogP contribution in [0, 0.1) is 13.8 Å². The van der Waals surface area contributed by atoms with Gasteiger partial charge in [-0.3, -0.25) is 4.79 Å². The van der Waals surface area contributed by atoms with Crippen LogP contribution in [0.25, 0.3) is 0 Å². The molecule has 14 heavy (non-hydrogen) atoms. The van der Waals surface area contributed by atoms with Crippen molar-refractivity contribution in [3.8, 4) is 5.75 Å². The number of hydrogen-bond acceptors (Lipinski definition) is 3. The van der Waals surface area contributed by atoms with Crippen molar-refractivity contribution in [2.45, 2.75) is 13.8 Å². The van der Waals surface area contributed by atoms with E-state index in [1.807, 2.05) is 13.8 Å². The lowest BCUT2D eigenvalue weighted by Gasteiger charge is -2.06. The molecule has 2 N–H and O–H groups in total. The fourth-order valence-corrected chi connectivity index (χ4v) is 1.26. The van der Waals surface area contributed by atoms with Gasteiger partial charge in [-0.1, -0.05) is 0 Å². The summed E-state index contributed by atoms with van der Waals surface area (Å²) in [6.07, 6.45) is 0. The Kier molecular flexibility index (Phi) is 3.25. The number of aromatic hydroxyl groups is 1. The van der Waals surface area contributed by atoms with Crippen molar-refractivity contribution in [1.82, 2.24) is 5.32 Å². The van der Waals surface area contributed by atoms with Crippen molar-refractivity contribution in [2.75, 3.05) is 13.6 Å². The Morgan fingerprint density at radius 2 is 2.07 bits per heavy atom.